The third-order valence-electron chi connectivity index (χ3n) is 3.64. The van der Waals surface area contributed by atoms with Gasteiger partial charge in [0.2, 0.25) is 0 Å². The maximum absolute atomic E-state index is 12.2. The molecule has 2 aromatic carbocycles. The highest BCUT2D eigenvalue weighted by molar-refractivity contribution is 9.10. The highest BCUT2D eigenvalue weighted by Gasteiger charge is 2.28. The second kappa shape index (κ2) is 7.19. The fraction of sp³-hybridized carbons (Fsp3) is 0.118. The van der Waals surface area contributed by atoms with Crippen LogP contribution in [0.3, 0.4) is 0 Å². The number of carbonyl (C=O) groups excluding carboxylic acids is 1. The number of ether oxygens (including phenoxy) is 1. The number of hydrogen-bond acceptors (Lipinski definition) is 4. The molecule has 0 radical (unpaired) electrons. The molecule has 1 aliphatic rings. The first-order chi connectivity index (χ1) is 11.5. The number of cyclic esters (lactones) is 1. The fourth-order valence-electron chi connectivity index (χ4n) is 2.54. The predicted octanol–water partition coefficient (Wildman–Crippen LogP) is 3.95. The van der Waals surface area contributed by atoms with Gasteiger partial charge >= 0.3 is 5.97 Å². The second-order valence-corrected chi connectivity index (χ2v) is 7.42. The minimum Gasteiger partial charge on any atom is -0.772 e. The van der Waals surface area contributed by atoms with Crippen molar-refractivity contribution in [3.05, 3.63) is 68.7 Å². The molecule has 0 saturated carbocycles. The first kappa shape index (κ1) is 17.4. The topological polar surface area (TPSA) is 66.4 Å². The maximum Gasteiger partial charge on any atom is 0.339 e. The van der Waals surface area contributed by atoms with Crippen molar-refractivity contribution in [2.24, 2.45) is 0 Å². The number of benzene rings is 2. The van der Waals surface area contributed by atoms with E-state index in [1.54, 1.807) is 36.4 Å². The molecule has 0 bridgehead atoms. The number of carbonyl (C=O) groups is 1. The molecule has 124 valence electrons. The van der Waals surface area contributed by atoms with E-state index in [9.17, 15) is 13.6 Å². The zero-order valence-electron chi connectivity index (χ0n) is 12.3. The van der Waals surface area contributed by atoms with Gasteiger partial charge in [-0.3, -0.25) is 4.21 Å². The molecule has 0 saturated heterocycles. The van der Waals surface area contributed by atoms with Crippen LogP contribution in [0.2, 0.25) is 5.02 Å². The molecular weight excluding hydrogens is 416 g/mol. The number of rotatable bonds is 4. The van der Waals surface area contributed by atoms with E-state index in [4.69, 9.17) is 16.3 Å². The Bertz CT molecular complexity index is 861. The summed E-state index contributed by atoms with van der Waals surface area (Å²) in [7, 11) is 0. The number of hydrogen-bond donors (Lipinski definition) is 0. The van der Waals surface area contributed by atoms with Crippen LogP contribution in [-0.4, -0.2) is 21.3 Å². The SMILES string of the molecule is O=C1OCC(c2ccc(CS(=O)[O-])cc2)=C1c1ccc(Br)cc1Cl. The summed E-state index contributed by atoms with van der Waals surface area (Å²) in [5, 5.41) is 0.453. The number of esters is 1. The van der Waals surface area contributed by atoms with E-state index in [1.807, 2.05) is 6.07 Å². The van der Waals surface area contributed by atoms with Crippen molar-refractivity contribution in [3.63, 3.8) is 0 Å². The lowest BCUT2D eigenvalue weighted by Gasteiger charge is -2.09. The average Bonchev–Trinajstić information content (AvgIpc) is 2.89. The summed E-state index contributed by atoms with van der Waals surface area (Å²) in [6, 6.07) is 12.3. The van der Waals surface area contributed by atoms with Crippen molar-refractivity contribution in [2.75, 3.05) is 6.61 Å². The Morgan fingerprint density at radius 2 is 1.92 bits per heavy atom. The normalized spacial score (nSPS) is 15.5. The van der Waals surface area contributed by atoms with Gasteiger partial charge in [-0.25, -0.2) is 4.79 Å². The quantitative estimate of drug-likeness (QED) is 0.548. The summed E-state index contributed by atoms with van der Waals surface area (Å²) in [5.41, 5.74) is 3.27. The minimum atomic E-state index is -2.14. The molecule has 0 amide bonds. The van der Waals surface area contributed by atoms with Crippen LogP contribution in [0.4, 0.5) is 0 Å². The van der Waals surface area contributed by atoms with E-state index < -0.39 is 17.0 Å². The first-order valence-electron chi connectivity index (χ1n) is 6.96. The van der Waals surface area contributed by atoms with Gasteiger partial charge in [-0.1, -0.05) is 68.9 Å². The van der Waals surface area contributed by atoms with Gasteiger partial charge in [0.15, 0.2) is 0 Å². The monoisotopic (exact) mass is 425 g/mol. The third kappa shape index (κ3) is 3.62. The van der Waals surface area contributed by atoms with Crippen LogP contribution in [0.15, 0.2) is 46.9 Å². The molecule has 0 N–H and O–H groups in total. The lowest BCUT2D eigenvalue weighted by molar-refractivity contribution is -0.133. The van der Waals surface area contributed by atoms with Crippen LogP contribution in [0.1, 0.15) is 16.7 Å². The van der Waals surface area contributed by atoms with E-state index in [1.165, 1.54) is 0 Å². The van der Waals surface area contributed by atoms with E-state index in [0.29, 0.717) is 21.7 Å². The Morgan fingerprint density at radius 1 is 1.21 bits per heavy atom. The Hall–Kier alpha value is -1.47. The molecule has 1 unspecified atom stereocenters. The Labute approximate surface area is 154 Å². The standard InChI is InChI=1S/C17H12BrClO4S/c18-12-5-6-13(15(19)7-12)16-14(8-23-17(16)20)11-3-1-10(2-4-11)9-24(21)22/h1-7H,8-9H2,(H,21,22)/p-1. The summed E-state index contributed by atoms with van der Waals surface area (Å²) in [6.07, 6.45) is 0. The average molecular weight is 427 g/mol. The summed E-state index contributed by atoms with van der Waals surface area (Å²) in [6.45, 7) is 0.160. The van der Waals surface area contributed by atoms with E-state index in [-0.39, 0.29) is 12.4 Å². The van der Waals surface area contributed by atoms with Crippen molar-refractivity contribution in [1.29, 1.82) is 0 Å². The third-order valence-corrected chi connectivity index (χ3v) is 5.02. The van der Waals surface area contributed by atoms with Crippen LogP contribution in [0, 0.1) is 0 Å². The zero-order valence-corrected chi connectivity index (χ0v) is 15.4. The molecule has 1 atom stereocenters. The smallest absolute Gasteiger partial charge is 0.339 e. The molecule has 1 heterocycles. The Kier molecular flexibility index (Phi) is 5.20. The summed E-state index contributed by atoms with van der Waals surface area (Å²) >= 11 is 7.47. The van der Waals surface area contributed by atoms with Crippen LogP contribution < -0.4 is 0 Å². The van der Waals surface area contributed by atoms with E-state index in [2.05, 4.69) is 15.9 Å². The van der Waals surface area contributed by atoms with Gasteiger partial charge < -0.3 is 9.29 Å². The molecule has 0 spiro atoms. The minimum absolute atomic E-state index is 0.0415. The fourth-order valence-corrected chi connectivity index (χ4v) is 3.77. The Balaban J connectivity index is 2.04. The molecule has 3 rings (SSSR count). The molecule has 0 aromatic heterocycles. The molecule has 2 aromatic rings. The van der Waals surface area contributed by atoms with E-state index >= 15 is 0 Å². The molecule has 4 nitrogen and oxygen atoms in total. The lowest BCUT2D eigenvalue weighted by Crippen LogP contribution is -1.99. The molecule has 7 heteroatoms. The van der Waals surface area contributed by atoms with Gasteiger partial charge in [-0.15, -0.1) is 0 Å². The molecule has 24 heavy (non-hydrogen) atoms. The van der Waals surface area contributed by atoms with Crippen LogP contribution >= 0.6 is 27.5 Å². The number of halogens is 2. The van der Waals surface area contributed by atoms with Gasteiger partial charge in [0.05, 0.1) is 5.57 Å². The zero-order chi connectivity index (χ0) is 17.3. The highest BCUT2D eigenvalue weighted by Crippen LogP contribution is 2.37. The highest BCUT2D eigenvalue weighted by atomic mass is 79.9. The predicted molar refractivity (Wildman–Crippen MR) is 96.0 cm³/mol. The van der Waals surface area contributed by atoms with Crippen molar-refractivity contribution in [1.82, 2.24) is 0 Å². The van der Waals surface area contributed by atoms with Crippen molar-refractivity contribution < 1.29 is 18.3 Å². The first-order valence-corrected chi connectivity index (χ1v) is 9.38. The van der Waals surface area contributed by atoms with Crippen LogP contribution in [0.5, 0.6) is 0 Å². The van der Waals surface area contributed by atoms with Crippen molar-refractivity contribution in [3.8, 4) is 0 Å². The van der Waals surface area contributed by atoms with Crippen molar-refractivity contribution >= 4 is 55.7 Å². The molecule has 1 aliphatic heterocycles. The second-order valence-electron chi connectivity index (χ2n) is 5.20. The molecular formula is C17H11BrClO4S-. The van der Waals surface area contributed by atoms with E-state index in [0.717, 1.165) is 15.6 Å². The maximum atomic E-state index is 12.2. The summed E-state index contributed by atoms with van der Waals surface area (Å²) in [5.74, 6) is -0.459. The summed E-state index contributed by atoms with van der Waals surface area (Å²) < 4.78 is 27.5. The van der Waals surface area contributed by atoms with Gasteiger partial charge in [0.1, 0.15) is 6.61 Å². The Morgan fingerprint density at radius 3 is 2.54 bits per heavy atom. The van der Waals surface area contributed by atoms with Gasteiger partial charge in [-0.05, 0) is 23.3 Å². The summed E-state index contributed by atoms with van der Waals surface area (Å²) in [4.78, 5) is 12.2. The van der Waals surface area contributed by atoms with Gasteiger partial charge in [0.25, 0.3) is 0 Å². The van der Waals surface area contributed by atoms with Gasteiger partial charge in [-0.2, -0.15) is 0 Å². The van der Waals surface area contributed by atoms with Crippen molar-refractivity contribution in [2.45, 2.75) is 5.75 Å². The molecule has 0 aliphatic carbocycles. The lowest BCUT2D eigenvalue weighted by atomic mass is 9.96. The van der Waals surface area contributed by atoms with Gasteiger partial charge in [0, 0.05) is 26.4 Å². The largest absolute Gasteiger partial charge is 0.772 e. The van der Waals surface area contributed by atoms with Crippen LogP contribution in [0.25, 0.3) is 11.1 Å². The van der Waals surface area contributed by atoms with Crippen LogP contribution in [-0.2, 0) is 26.4 Å². The molecule has 0 fully saturated rings.